The quantitative estimate of drug-likeness (QED) is 0.624. The molecule has 2 aromatic heterocycles. The molecule has 3 heterocycles. The van der Waals surface area contributed by atoms with Crippen molar-refractivity contribution >= 4 is 23.2 Å². The lowest BCUT2D eigenvalue weighted by Gasteiger charge is -2.23. The smallest absolute Gasteiger partial charge is 0.243 e. The van der Waals surface area contributed by atoms with Crippen molar-refractivity contribution in [1.82, 2.24) is 20.4 Å². The monoisotopic (exact) mass is 426 g/mol. The van der Waals surface area contributed by atoms with E-state index >= 15 is 0 Å². The lowest BCUT2D eigenvalue weighted by Crippen LogP contribution is -2.46. The molecule has 0 unspecified atom stereocenters. The SMILES string of the molecule is Cc1cc(CC(=O)N2C[C@H](O)C[C@H]2C(=O)NCc2nc(-c3ccccc3)cs2)on1. The molecular formula is C21H22N4O4S. The molecule has 1 aromatic carbocycles. The highest BCUT2D eigenvalue weighted by atomic mass is 32.1. The topological polar surface area (TPSA) is 109 Å². The molecule has 0 saturated carbocycles. The molecule has 9 heteroatoms. The van der Waals surface area contributed by atoms with Crippen LogP contribution < -0.4 is 5.32 Å². The number of amides is 2. The number of carbonyl (C=O) groups is 2. The number of benzene rings is 1. The van der Waals surface area contributed by atoms with Crippen LogP contribution in [-0.2, 0) is 22.6 Å². The van der Waals surface area contributed by atoms with Crippen LogP contribution in [0.2, 0.25) is 0 Å². The maximum atomic E-state index is 12.7. The summed E-state index contributed by atoms with van der Waals surface area (Å²) in [5.74, 6) is -0.136. The zero-order valence-electron chi connectivity index (χ0n) is 16.4. The summed E-state index contributed by atoms with van der Waals surface area (Å²) in [6.07, 6.45) is -0.518. The van der Waals surface area contributed by atoms with Crippen molar-refractivity contribution in [3.63, 3.8) is 0 Å². The van der Waals surface area contributed by atoms with Gasteiger partial charge >= 0.3 is 0 Å². The molecule has 3 aromatic rings. The Morgan fingerprint density at radius 1 is 1.33 bits per heavy atom. The molecule has 8 nitrogen and oxygen atoms in total. The molecule has 2 atom stereocenters. The molecular weight excluding hydrogens is 404 g/mol. The first-order valence-electron chi connectivity index (χ1n) is 9.67. The van der Waals surface area contributed by atoms with Gasteiger partial charge in [-0.3, -0.25) is 9.59 Å². The summed E-state index contributed by atoms with van der Waals surface area (Å²) < 4.78 is 5.09. The number of β-amino-alcohol motifs (C(OH)–C–C–N with tert-alkyl or cyclic N) is 1. The maximum absolute atomic E-state index is 12.7. The van der Waals surface area contributed by atoms with E-state index in [0.29, 0.717) is 11.5 Å². The van der Waals surface area contributed by atoms with Crippen molar-refractivity contribution in [2.45, 2.75) is 38.5 Å². The summed E-state index contributed by atoms with van der Waals surface area (Å²) in [5.41, 5.74) is 2.57. The van der Waals surface area contributed by atoms with Crippen LogP contribution in [-0.4, -0.2) is 50.7 Å². The number of rotatable bonds is 6. The standard InChI is InChI=1S/C21H22N4O4S/c1-13-7-16(29-24-13)9-20(27)25-11-15(26)8-18(25)21(28)22-10-19-23-17(12-30-19)14-5-3-2-4-6-14/h2-7,12,15,18,26H,8-11H2,1H3,(H,22,28)/t15-,18+/m1/s1. The Morgan fingerprint density at radius 3 is 2.87 bits per heavy atom. The minimum Gasteiger partial charge on any atom is -0.391 e. The van der Waals surface area contributed by atoms with Gasteiger partial charge in [-0.2, -0.15) is 0 Å². The van der Waals surface area contributed by atoms with Crippen LogP contribution in [0.4, 0.5) is 0 Å². The van der Waals surface area contributed by atoms with Crippen molar-refractivity contribution in [3.05, 3.63) is 58.2 Å². The molecule has 0 bridgehead atoms. The summed E-state index contributed by atoms with van der Waals surface area (Å²) in [6.45, 7) is 2.17. The third-order valence-corrected chi connectivity index (χ3v) is 5.79. The van der Waals surface area contributed by atoms with Gasteiger partial charge in [0, 0.05) is 30.0 Å². The van der Waals surface area contributed by atoms with Crippen LogP contribution in [0.3, 0.4) is 0 Å². The molecule has 1 saturated heterocycles. The van der Waals surface area contributed by atoms with Crippen molar-refractivity contribution in [2.24, 2.45) is 0 Å². The molecule has 2 N–H and O–H groups in total. The molecule has 156 valence electrons. The van der Waals surface area contributed by atoms with Crippen molar-refractivity contribution in [3.8, 4) is 11.3 Å². The maximum Gasteiger partial charge on any atom is 0.243 e. The van der Waals surface area contributed by atoms with Crippen molar-refractivity contribution < 1.29 is 19.2 Å². The lowest BCUT2D eigenvalue weighted by atomic mass is 10.1. The molecule has 1 aliphatic heterocycles. The van der Waals surface area contributed by atoms with Gasteiger partial charge in [-0.15, -0.1) is 11.3 Å². The van der Waals surface area contributed by atoms with Crippen molar-refractivity contribution in [2.75, 3.05) is 6.54 Å². The fraction of sp³-hybridized carbons (Fsp3) is 0.333. The average Bonchev–Trinajstić information content (AvgIpc) is 3.47. The Bertz CT molecular complexity index is 1030. The Hall–Kier alpha value is -3.04. The number of aliphatic hydroxyl groups excluding tert-OH is 1. The molecule has 30 heavy (non-hydrogen) atoms. The summed E-state index contributed by atoms with van der Waals surface area (Å²) in [5, 5.41) is 19.4. The number of aryl methyl sites for hydroxylation is 1. The molecule has 4 rings (SSSR count). The lowest BCUT2D eigenvalue weighted by molar-refractivity contribution is -0.138. The fourth-order valence-corrected chi connectivity index (χ4v) is 4.25. The Kier molecular flexibility index (Phi) is 5.91. The summed E-state index contributed by atoms with van der Waals surface area (Å²) in [7, 11) is 0. The zero-order chi connectivity index (χ0) is 21.1. The number of thiazole rings is 1. The van der Waals surface area contributed by atoms with Gasteiger partial charge in [0.2, 0.25) is 11.8 Å². The third-order valence-electron chi connectivity index (χ3n) is 4.94. The largest absolute Gasteiger partial charge is 0.391 e. The van der Waals surface area contributed by atoms with Crippen LogP contribution in [0.5, 0.6) is 0 Å². The summed E-state index contributed by atoms with van der Waals surface area (Å²) >= 11 is 1.47. The molecule has 0 radical (unpaired) electrons. The van der Waals surface area contributed by atoms with Crippen LogP contribution in [0.1, 0.15) is 22.9 Å². The normalized spacial score (nSPS) is 18.5. The number of hydrogen-bond acceptors (Lipinski definition) is 7. The van der Waals surface area contributed by atoms with Gasteiger partial charge in [0.25, 0.3) is 0 Å². The Labute approximate surface area is 177 Å². The average molecular weight is 426 g/mol. The molecule has 1 fully saturated rings. The van der Waals surface area contributed by atoms with Gasteiger partial charge in [-0.05, 0) is 6.92 Å². The number of likely N-dealkylation sites (tertiary alicyclic amines) is 1. The minimum absolute atomic E-state index is 0.00422. The van der Waals surface area contributed by atoms with E-state index in [2.05, 4.69) is 15.5 Å². The molecule has 2 amide bonds. The minimum atomic E-state index is -0.731. The Balaban J connectivity index is 1.37. The first-order chi connectivity index (χ1) is 14.5. The van der Waals surface area contributed by atoms with Crippen LogP contribution in [0.25, 0.3) is 11.3 Å². The number of nitrogens with zero attached hydrogens (tertiary/aromatic N) is 3. The molecule has 1 aliphatic rings. The summed E-state index contributed by atoms with van der Waals surface area (Å²) in [4.78, 5) is 31.4. The highest BCUT2D eigenvalue weighted by molar-refractivity contribution is 7.09. The van der Waals surface area contributed by atoms with Gasteiger partial charge in [-0.1, -0.05) is 35.5 Å². The van der Waals surface area contributed by atoms with E-state index in [1.807, 2.05) is 35.7 Å². The van der Waals surface area contributed by atoms with Gasteiger partial charge < -0.3 is 19.8 Å². The number of aromatic nitrogens is 2. The second kappa shape index (κ2) is 8.76. The fourth-order valence-electron chi connectivity index (χ4n) is 3.50. The first kappa shape index (κ1) is 20.2. The first-order valence-corrected chi connectivity index (χ1v) is 10.5. The molecule has 0 aliphatic carbocycles. The molecule has 0 spiro atoms. The van der Waals surface area contributed by atoms with E-state index in [0.717, 1.165) is 16.3 Å². The van der Waals surface area contributed by atoms with Crippen LogP contribution in [0, 0.1) is 6.92 Å². The Morgan fingerprint density at radius 2 is 2.13 bits per heavy atom. The van der Waals surface area contributed by atoms with E-state index in [1.54, 1.807) is 13.0 Å². The van der Waals surface area contributed by atoms with E-state index in [9.17, 15) is 14.7 Å². The number of hydrogen-bond donors (Lipinski definition) is 2. The highest BCUT2D eigenvalue weighted by Crippen LogP contribution is 2.23. The van der Waals surface area contributed by atoms with Gasteiger partial charge in [-0.25, -0.2) is 4.98 Å². The van der Waals surface area contributed by atoms with Gasteiger partial charge in [0.15, 0.2) is 0 Å². The van der Waals surface area contributed by atoms with E-state index in [4.69, 9.17) is 4.52 Å². The summed E-state index contributed by atoms with van der Waals surface area (Å²) in [6, 6.07) is 10.8. The van der Waals surface area contributed by atoms with Crippen LogP contribution >= 0.6 is 11.3 Å². The van der Waals surface area contributed by atoms with E-state index < -0.39 is 12.1 Å². The highest BCUT2D eigenvalue weighted by Gasteiger charge is 2.39. The second-order valence-corrected chi connectivity index (χ2v) is 8.22. The zero-order valence-corrected chi connectivity index (χ0v) is 17.3. The van der Waals surface area contributed by atoms with E-state index in [-0.39, 0.29) is 37.7 Å². The number of nitrogens with one attached hydrogen (secondary N) is 1. The number of carbonyl (C=O) groups excluding carboxylic acids is 2. The second-order valence-electron chi connectivity index (χ2n) is 7.27. The van der Waals surface area contributed by atoms with Crippen LogP contribution in [0.15, 0.2) is 46.3 Å². The third kappa shape index (κ3) is 4.58. The van der Waals surface area contributed by atoms with Crippen molar-refractivity contribution in [1.29, 1.82) is 0 Å². The number of aliphatic hydroxyl groups is 1. The predicted octanol–water partition coefficient (Wildman–Crippen LogP) is 1.93. The predicted molar refractivity (Wildman–Crippen MR) is 110 cm³/mol. The van der Waals surface area contributed by atoms with Gasteiger partial charge in [0.1, 0.15) is 16.8 Å². The van der Waals surface area contributed by atoms with Gasteiger partial charge in [0.05, 0.1) is 30.5 Å². The van der Waals surface area contributed by atoms with E-state index in [1.165, 1.54) is 16.2 Å².